The van der Waals surface area contributed by atoms with Crippen LogP contribution in [0.1, 0.15) is 94.9 Å². The zero-order chi connectivity index (χ0) is 35.4. The van der Waals surface area contributed by atoms with E-state index in [1.54, 1.807) is 31.4 Å². The molecular formula is C37H70O7SSi2. The van der Waals surface area contributed by atoms with Gasteiger partial charge in [0.1, 0.15) is 0 Å². The van der Waals surface area contributed by atoms with Crippen molar-refractivity contribution in [1.29, 1.82) is 0 Å². The highest BCUT2D eigenvalue weighted by atomic mass is 32.2. The second-order valence-corrected chi connectivity index (χ2v) is 26.0. The molecule has 1 aliphatic heterocycles. The van der Waals surface area contributed by atoms with Crippen LogP contribution < -0.4 is 0 Å². The largest absolute Gasteiger partial charge is 0.414 e. The maximum atomic E-state index is 13.5. The number of sulfone groups is 1. The van der Waals surface area contributed by atoms with Crippen molar-refractivity contribution >= 4 is 26.5 Å². The monoisotopic (exact) mass is 714 g/mol. The molecule has 1 aliphatic rings. The number of ether oxygens (including phenoxy) is 2. The van der Waals surface area contributed by atoms with Gasteiger partial charge in [-0.3, -0.25) is 0 Å². The molecule has 0 amide bonds. The first-order valence-electron chi connectivity index (χ1n) is 18.7. The van der Waals surface area contributed by atoms with Crippen LogP contribution in [0.25, 0.3) is 0 Å². The van der Waals surface area contributed by atoms with Crippen molar-refractivity contribution in [2.24, 2.45) is 23.7 Å². The number of hydrogen-bond acceptors (Lipinski definition) is 7. The number of methoxy groups -OCH3 is 1. The van der Waals surface area contributed by atoms with E-state index in [9.17, 15) is 13.5 Å². The molecule has 0 bridgehead atoms. The Morgan fingerprint density at radius 1 is 0.851 bits per heavy atom. The molecule has 0 aromatic heterocycles. The fraction of sp³-hybridized carbons (Fsp3) is 0.838. The smallest absolute Gasteiger partial charge is 0.192 e. The summed E-state index contributed by atoms with van der Waals surface area (Å²) in [6.45, 7) is 22.2. The molecule has 7 nitrogen and oxygen atoms in total. The van der Waals surface area contributed by atoms with Crippen molar-refractivity contribution in [3.05, 3.63) is 30.3 Å². The van der Waals surface area contributed by atoms with E-state index < -0.39 is 32.6 Å². The molecule has 1 heterocycles. The zero-order valence-corrected chi connectivity index (χ0v) is 34.5. The number of aliphatic hydroxyl groups excluding tert-OH is 1. The average molecular weight is 715 g/mol. The van der Waals surface area contributed by atoms with Crippen LogP contribution >= 0.6 is 0 Å². The van der Waals surface area contributed by atoms with Crippen molar-refractivity contribution in [2.45, 2.75) is 167 Å². The van der Waals surface area contributed by atoms with Gasteiger partial charge in [-0.2, -0.15) is 0 Å². The predicted molar refractivity (Wildman–Crippen MR) is 199 cm³/mol. The molecule has 1 aromatic carbocycles. The number of aliphatic hydroxyl groups is 1. The summed E-state index contributed by atoms with van der Waals surface area (Å²) in [6, 6.07) is 14.9. The van der Waals surface area contributed by atoms with Gasteiger partial charge in [-0.25, -0.2) is 8.42 Å². The fourth-order valence-electron chi connectivity index (χ4n) is 7.69. The third-order valence-corrected chi connectivity index (χ3v) is 22.9. The molecule has 9 atom stereocenters. The molecule has 1 N–H and O–H groups in total. The molecule has 2 rings (SSSR count). The second-order valence-electron chi connectivity index (χ2n) is 14.5. The molecule has 1 fully saturated rings. The minimum Gasteiger partial charge on any atom is -0.414 e. The van der Waals surface area contributed by atoms with E-state index in [2.05, 4.69) is 69.2 Å². The second kappa shape index (κ2) is 19.7. The average Bonchev–Trinajstić information content (AvgIpc) is 3.48. The molecule has 5 unspecified atom stereocenters. The van der Waals surface area contributed by atoms with Gasteiger partial charge in [0.05, 0.1) is 35.1 Å². The van der Waals surface area contributed by atoms with Gasteiger partial charge < -0.3 is 23.4 Å². The highest BCUT2D eigenvalue weighted by molar-refractivity contribution is 7.91. The van der Waals surface area contributed by atoms with Crippen molar-refractivity contribution < 1.29 is 31.9 Å². The Labute approximate surface area is 291 Å². The van der Waals surface area contributed by atoms with E-state index in [4.69, 9.17) is 18.3 Å². The van der Waals surface area contributed by atoms with Gasteiger partial charge in [0.2, 0.25) is 0 Å². The maximum Gasteiger partial charge on any atom is 0.192 e. The first kappa shape index (κ1) is 42.6. The Morgan fingerprint density at radius 2 is 1.38 bits per heavy atom. The summed E-state index contributed by atoms with van der Waals surface area (Å²) in [6.07, 6.45) is 1.70. The van der Waals surface area contributed by atoms with Gasteiger partial charge in [-0.15, -0.1) is 0 Å². The van der Waals surface area contributed by atoms with Crippen LogP contribution in [0.3, 0.4) is 0 Å². The highest BCUT2D eigenvalue weighted by Gasteiger charge is 2.43. The summed E-state index contributed by atoms with van der Waals surface area (Å²) in [5.74, 6) is 0.530. The van der Waals surface area contributed by atoms with Gasteiger partial charge in [-0.05, 0) is 79.5 Å². The fourth-order valence-corrected chi connectivity index (χ4v) is 15.0. The molecular weight excluding hydrogens is 645 g/mol. The first-order valence-corrected chi connectivity index (χ1v) is 25.4. The van der Waals surface area contributed by atoms with Crippen LogP contribution in [-0.4, -0.2) is 73.7 Å². The van der Waals surface area contributed by atoms with E-state index in [1.165, 1.54) is 0 Å². The normalized spacial score (nSPS) is 23.3. The van der Waals surface area contributed by atoms with Crippen LogP contribution in [-0.2, 0) is 28.2 Å². The van der Waals surface area contributed by atoms with Crippen LogP contribution in [0.2, 0.25) is 36.3 Å². The van der Waals surface area contributed by atoms with E-state index >= 15 is 0 Å². The minimum absolute atomic E-state index is 0.000705. The first-order chi connectivity index (χ1) is 22.2. The summed E-state index contributed by atoms with van der Waals surface area (Å²) < 4.78 is 53.2. The summed E-state index contributed by atoms with van der Waals surface area (Å²) in [7, 11) is -5.88. The molecule has 47 heavy (non-hydrogen) atoms. The van der Waals surface area contributed by atoms with Crippen LogP contribution in [0, 0.1) is 23.7 Å². The molecule has 0 spiro atoms. The lowest BCUT2D eigenvalue weighted by Crippen LogP contribution is -2.50. The Balaban J connectivity index is 2.39. The van der Waals surface area contributed by atoms with Crippen molar-refractivity contribution in [3.63, 3.8) is 0 Å². The Hall–Kier alpha value is -0.596. The molecule has 10 heteroatoms. The molecule has 0 aliphatic carbocycles. The van der Waals surface area contributed by atoms with Gasteiger partial charge >= 0.3 is 0 Å². The van der Waals surface area contributed by atoms with Gasteiger partial charge in [0, 0.05) is 25.4 Å². The number of benzene rings is 1. The number of rotatable bonds is 23. The van der Waals surface area contributed by atoms with Crippen LogP contribution in [0.4, 0.5) is 0 Å². The van der Waals surface area contributed by atoms with E-state index in [0.717, 1.165) is 49.1 Å². The summed E-state index contributed by atoms with van der Waals surface area (Å²) in [4.78, 5) is 0.368. The van der Waals surface area contributed by atoms with Gasteiger partial charge in [0.25, 0.3) is 0 Å². The Morgan fingerprint density at radius 3 is 1.87 bits per heavy atom. The van der Waals surface area contributed by atoms with E-state index in [0.29, 0.717) is 23.7 Å². The molecule has 0 radical (unpaired) electrons. The zero-order valence-electron chi connectivity index (χ0n) is 31.7. The SMILES string of the molecule is CC[Si](CC)(CC)OC(CCS(=O)(=O)c1ccccc1)C(C)[C@@H](O[Si](CC)(CC)CC)C(C)CC[C@@H](O)[C@H](C)C1OC(OC)C[C@H]1C. The Kier molecular flexibility index (Phi) is 17.8. The lowest BCUT2D eigenvalue weighted by atomic mass is 9.83. The molecule has 1 saturated heterocycles. The van der Waals surface area contributed by atoms with Crippen molar-refractivity contribution in [1.82, 2.24) is 0 Å². The minimum atomic E-state index is -3.46. The highest BCUT2D eigenvalue weighted by Crippen LogP contribution is 2.38. The van der Waals surface area contributed by atoms with Crippen molar-refractivity contribution in [2.75, 3.05) is 12.9 Å². The van der Waals surface area contributed by atoms with Crippen molar-refractivity contribution in [3.8, 4) is 0 Å². The molecule has 274 valence electrons. The standard InChI is InChI=1S/C37H70O7SSi2/c1-12-46(13-2,14-3)43-34(25-26-45(39,40)32-21-19-18-20-22-32)31(10)37(44-47(15-4,16-5)17-6)28(7)23-24-33(38)30(9)36-29(8)27-35(41-11)42-36/h18-22,28-31,33-38H,12-17,23-27H2,1-11H3/t28?,29-,30+,31?,33-,34?,35?,36?,37+/m1/s1. The Bertz CT molecular complexity index is 1100. The maximum absolute atomic E-state index is 13.5. The lowest BCUT2D eigenvalue weighted by molar-refractivity contribution is -0.137. The van der Waals surface area contributed by atoms with E-state index in [1.807, 2.05) is 6.07 Å². The predicted octanol–water partition coefficient (Wildman–Crippen LogP) is 9.08. The summed E-state index contributed by atoms with van der Waals surface area (Å²) in [5, 5.41) is 11.4. The molecule has 0 saturated carbocycles. The summed E-state index contributed by atoms with van der Waals surface area (Å²) in [5.41, 5.74) is 0. The third kappa shape index (κ3) is 11.5. The summed E-state index contributed by atoms with van der Waals surface area (Å²) >= 11 is 0. The lowest BCUT2D eigenvalue weighted by Gasteiger charge is -2.44. The van der Waals surface area contributed by atoms with Gasteiger partial charge in [-0.1, -0.05) is 87.4 Å². The van der Waals surface area contributed by atoms with Crippen LogP contribution in [0.15, 0.2) is 35.2 Å². The number of hydrogen-bond donors (Lipinski definition) is 1. The quantitative estimate of drug-likeness (QED) is 0.113. The van der Waals surface area contributed by atoms with Crippen LogP contribution in [0.5, 0.6) is 0 Å². The molecule has 1 aromatic rings. The topological polar surface area (TPSA) is 91.3 Å². The van der Waals surface area contributed by atoms with Gasteiger partial charge in [0.15, 0.2) is 32.8 Å². The third-order valence-electron chi connectivity index (χ3n) is 11.8. The van der Waals surface area contributed by atoms with E-state index in [-0.39, 0.29) is 48.1 Å².